The van der Waals surface area contributed by atoms with E-state index in [9.17, 15) is 16.8 Å². The Hall–Kier alpha value is 2.52. The van der Waals surface area contributed by atoms with Gasteiger partial charge in [-0.1, -0.05) is 12.1 Å². The Balaban J connectivity index is -0.000000902. The number of rotatable bonds is 2. The Kier molecular flexibility index (Phi) is 15.0. The fraction of sp³-hybridized carbons (Fsp3) is 0. The molecule has 0 heterocycles. The van der Waals surface area contributed by atoms with Crippen molar-refractivity contribution in [2.45, 2.75) is 9.79 Å². The van der Waals surface area contributed by atoms with E-state index in [4.69, 9.17) is 9.11 Å². The minimum absolute atomic E-state index is 0. The third kappa shape index (κ3) is 7.82. The van der Waals surface area contributed by atoms with Gasteiger partial charge >= 0.3 is 0 Å². The van der Waals surface area contributed by atoms with Crippen molar-refractivity contribution in [2.24, 2.45) is 0 Å². The molecule has 2 rings (SSSR count). The van der Waals surface area contributed by atoms with Gasteiger partial charge in [0.15, 0.2) is 0 Å². The first-order chi connectivity index (χ1) is 8.18. The van der Waals surface area contributed by atoms with Crippen LogP contribution in [-0.2, 0) is 20.2 Å². The Morgan fingerprint density at radius 1 is 0.591 bits per heavy atom. The molecular weight excluding hydrogens is 372 g/mol. The molecule has 12 heteroatoms. The molecule has 100 valence electrons. The van der Waals surface area contributed by atoms with E-state index < -0.39 is 20.2 Å². The van der Waals surface area contributed by atoms with Gasteiger partial charge in [0.1, 0.15) is 0 Å². The molecule has 2 N–H and O–H groups in total. The molecule has 0 amide bonds. The molecule has 2 aromatic carbocycles. The van der Waals surface area contributed by atoms with Gasteiger partial charge < -0.3 is 0 Å². The molecule has 0 unspecified atom stereocenters. The zero-order chi connectivity index (χ0) is 13.6. The summed E-state index contributed by atoms with van der Waals surface area (Å²) in [4.78, 5) is -0.690. The second kappa shape index (κ2) is 11.3. The molecule has 0 aliphatic carbocycles. The smallest absolute Gasteiger partial charge is 0.282 e. The van der Waals surface area contributed by atoms with Crippen LogP contribution in [0.1, 0.15) is 0 Å². The number of hydrogen-bond acceptors (Lipinski definition) is 4. The summed E-state index contributed by atoms with van der Waals surface area (Å²) in [5, 5.41) is 0.857. The maximum atomic E-state index is 10.9. The van der Waals surface area contributed by atoms with Crippen LogP contribution >= 0.6 is 0 Å². The summed E-state index contributed by atoms with van der Waals surface area (Å²) in [5.74, 6) is 0. The Morgan fingerprint density at radius 3 is 1.18 bits per heavy atom. The molecule has 0 bridgehead atoms. The Morgan fingerprint density at radius 2 is 0.909 bits per heavy atom. The van der Waals surface area contributed by atoms with E-state index in [1.165, 1.54) is 24.3 Å². The molecule has 0 aromatic heterocycles. The van der Waals surface area contributed by atoms with E-state index >= 15 is 0 Å². The van der Waals surface area contributed by atoms with Crippen molar-refractivity contribution in [1.29, 1.82) is 0 Å². The van der Waals surface area contributed by atoms with Gasteiger partial charge in [0.2, 0.25) is 0 Å². The quantitative estimate of drug-likeness (QED) is 0.552. The molecule has 6 nitrogen and oxygen atoms in total. The van der Waals surface area contributed by atoms with Crippen molar-refractivity contribution in [3.63, 3.8) is 0 Å². The zero-order valence-electron chi connectivity index (χ0n) is 12.8. The molecular formula is C10H8Na4O6S2. The summed E-state index contributed by atoms with van der Waals surface area (Å²) in [6.07, 6.45) is 0. The normalized spacial score (nSPS) is 10.5. The summed E-state index contributed by atoms with van der Waals surface area (Å²) in [6, 6.07) is 7.49. The van der Waals surface area contributed by atoms with Gasteiger partial charge in [0.25, 0.3) is 20.2 Å². The summed E-state index contributed by atoms with van der Waals surface area (Å²) in [7, 11) is -8.71. The average Bonchev–Trinajstić information content (AvgIpc) is 2.25. The van der Waals surface area contributed by atoms with Crippen molar-refractivity contribution in [3.05, 3.63) is 36.4 Å². The van der Waals surface area contributed by atoms with E-state index in [-0.39, 0.29) is 133 Å². The summed E-state index contributed by atoms with van der Waals surface area (Å²) < 4.78 is 61.5. The second-order valence-electron chi connectivity index (χ2n) is 3.62. The van der Waals surface area contributed by atoms with Gasteiger partial charge in [0.05, 0.1) is 9.79 Å². The molecule has 0 saturated heterocycles. The van der Waals surface area contributed by atoms with E-state index in [0.717, 1.165) is 12.1 Å². The van der Waals surface area contributed by atoms with Gasteiger partial charge in [-0.05, 0) is 35.0 Å². The predicted molar refractivity (Wildman–Crippen MR) is 86.6 cm³/mol. The maximum absolute atomic E-state index is 10.9. The third-order valence-electron chi connectivity index (χ3n) is 2.38. The zero-order valence-corrected chi connectivity index (χ0v) is 22.4. The van der Waals surface area contributed by atoms with Crippen molar-refractivity contribution >= 4 is 149 Å². The standard InChI is InChI=1S/C10H8O6S2.4Na/c11-17(12,13)9-3-1-7-2-4-10(18(14,15)16)6-8(7)5-9;;;;/h1-6H,(H,11,12,13)(H,14,15,16);;;;. The monoisotopic (exact) mass is 380 g/mol. The van der Waals surface area contributed by atoms with Crippen LogP contribution in [0.25, 0.3) is 10.8 Å². The van der Waals surface area contributed by atoms with E-state index in [1.807, 2.05) is 0 Å². The third-order valence-corrected chi connectivity index (χ3v) is 4.08. The summed E-state index contributed by atoms with van der Waals surface area (Å²) >= 11 is 0. The number of benzene rings is 2. The second-order valence-corrected chi connectivity index (χ2v) is 6.46. The van der Waals surface area contributed by atoms with Crippen LogP contribution in [-0.4, -0.2) is 144 Å². The molecule has 2 aromatic rings. The Bertz CT molecular complexity index is 769. The number of fused-ring (bicyclic) bond motifs is 1. The van der Waals surface area contributed by atoms with Crippen LogP contribution in [0.2, 0.25) is 0 Å². The van der Waals surface area contributed by atoms with Crippen LogP contribution in [0.3, 0.4) is 0 Å². The molecule has 0 fully saturated rings. The molecule has 0 atom stereocenters. The first kappa shape index (κ1) is 29.3. The predicted octanol–water partition coefficient (Wildman–Crippen LogP) is -0.190. The van der Waals surface area contributed by atoms with Gasteiger partial charge in [-0.3, -0.25) is 9.11 Å². The molecule has 0 saturated carbocycles. The summed E-state index contributed by atoms with van der Waals surface area (Å²) in [6.45, 7) is 0. The van der Waals surface area contributed by atoms with Crippen molar-refractivity contribution < 1.29 is 25.9 Å². The van der Waals surface area contributed by atoms with Gasteiger partial charge in [-0.15, -0.1) is 0 Å². The molecule has 0 aliphatic rings. The minimum Gasteiger partial charge on any atom is -0.282 e. The van der Waals surface area contributed by atoms with Gasteiger partial charge in [-0.2, -0.15) is 16.8 Å². The SMILES string of the molecule is O=S(=O)(O)c1ccc2ccc(S(=O)(=O)O)cc2c1.[Na].[Na].[Na].[Na]. The average molecular weight is 380 g/mol. The van der Waals surface area contributed by atoms with Crippen molar-refractivity contribution in [2.75, 3.05) is 0 Å². The van der Waals surface area contributed by atoms with Crippen LogP contribution in [0, 0.1) is 0 Å². The first-order valence-corrected chi connectivity index (χ1v) is 7.55. The molecule has 0 spiro atoms. The van der Waals surface area contributed by atoms with E-state index in [2.05, 4.69) is 0 Å². The van der Waals surface area contributed by atoms with Crippen LogP contribution < -0.4 is 0 Å². The van der Waals surface area contributed by atoms with Crippen molar-refractivity contribution in [1.82, 2.24) is 0 Å². The first-order valence-electron chi connectivity index (χ1n) is 4.67. The maximum Gasteiger partial charge on any atom is 0.294 e. The topological polar surface area (TPSA) is 109 Å². The van der Waals surface area contributed by atoms with Crippen LogP contribution in [0.4, 0.5) is 0 Å². The number of hydrogen-bond donors (Lipinski definition) is 2. The minimum atomic E-state index is -4.35. The van der Waals surface area contributed by atoms with Gasteiger partial charge in [-0.25, -0.2) is 0 Å². The van der Waals surface area contributed by atoms with Gasteiger partial charge in [0, 0.05) is 118 Å². The van der Waals surface area contributed by atoms with E-state index in [0.29, 0.717) is 5.39 Å². The summed E-state index contributed by atoms with van der Waals surface area (Å²) in [5.41, 5.74) is 0. The fourth-order valence-corrected chi connectivity index (χ4v) is 2.56. The van der Waals surface area contributed by atoms with E-state index in [1.54, 1.807) is 0 Å². The Labute approximate surface area is 217 Å². The molecule has 22 heavy (non-hydrogen) atoms. The largest absolute Gasteiger partial charge is 0.294 e. The molecule has 0 aliphatic heterocycles. The van der Waals surface area contributed by atoms with Crippen molar-refractivity contribution in [3.8, 4) is 0 Å². The fourth-order valence-electron chi connectivity index (χ4n) is 1.52. The molecule has 4 radical (unpaired) electrons. The van der Waals surface area contributed by atoms with Crippen LogP contribution in [0.15, 0.2) is 46.2 Å². The van der Waals surface area contributed by atoms with Crippen LogP contribution in [0.5, 0.6) is 0 Å².